The molecule has 0 heterocycles. The van der Waals surface area contributed by atoms with E-state index in [4.69, 9.17) is 4.74 Å². The summed E-state index contributed by atoms with van der Waals surface area (Å²) >= 11 is 2.02. The summed E-state index contributed by atoms with van der Waals surface area (Å²) in [5.74, 6) is 0.633. The Labute approximate surface area is 92.2 Å². The predicted molar refractivity (Wildman–Crippen MR) is 64.0 cm³/mol. The third kappa shape index (κ3) is 4.20. The summed E-state index contributed by atoms with van der Waals surface area (Å²) < 4.78 is 5.12. The van der Waals surface area contributed by atoms with Crippen LogP contribution in [-0.4, -0.2) is 37.8 Å². The lowest BCUT2D eigenvalue weighted by molar-refractivity contribution is 0.157. The molecule has 3 heteroatoms. The zero-order valence-corrected chi connectivity index (χ0v) is 10.4. The molecule has 3 unspecified atom stereocenters. The van der Waals surface area contributed by atoms with E-state index in [1.165, 1.54) is 19.3 Å². The number of rotatable bonds is 6. The molecule has 0 spiro atoms. The van der Waals surface area contributed by atoms with Crippen LogP contribution in [0.25, 0.3) is 0 Å². The van der Waals surface area contributed by atoms with E-state index in [-0.39, 0.29) is 0 Å². The summed E-state index contributed by atoms with van der Waals surface area (Å²) in [6.45, 7) is 4.20. The van der Waals surface area contributed by atoms with Crippen molar-refractivity contribution in [3.8, 4) is 0 Å². The first-order valence-corrected chi connectivity index (χ1v) is 6.80. The van der Waals surface area contributed by atoms with Crippen LogP contribution in [0.2, 0.25) is 0 Å². The van der Waals surface area contributed by atoms with Crippen molar-refractivity contribution >= 4 is 11.8 Å². The van der Waals surface area contributed by atoms with Gasteiger partial charge in [-0.3, -0.25) is 0 Å². The average Bonchev–Trinajstić information content (AvgIpc) is 2.63. The Bertz CT molecular complexity index is 154. The molecule has 0 bridgehead atoms. The Hall–Kier alpha value is 0.270. The van der Waals surface area contributed by atoms with Gasteiger partial charge in [-0.2, -0.15) is 11.8 Å². The van der Waals surface area contributed by atoms with Crippen molar-refractivity contribution in [1.82, 2.24) is 5.32 Å². The van der Waals surface area contributed by atoms with E-state index in [0.717, 1.165) is 24.4 Å². The van der Waals surface area contributed by atoms with Crippen molar-refractivity contribution in [3.05, 3.63) is 0 Å². The molecular weight excluding hydrogens is 194 g/mol. The summed E-state index contributed by atoms with van der Waals surface area (Å²) in [6, 6.07) is 0.756. The van der Waals surface area contributed by atoms with Crippen molar-refractivity contribution < 1.29 is 4.74 Å². The molecule has 1 aliphatic carbocycles. The highest BCUT2D eigenvalue weighted by molar-refractivity contribution is 7.99. The van der Waals surface area contributed by atoms with E-state index in [2.05, 4.69) is 18.5 Å². The zero-order chi connectivity index (χ0) is 10.4. The third-order valence-electron chi connectivity index (χ3n) is 2.92. The van der Waals surface area contributed by atoms with Gasteiger partial charge in [-0.1, -0.05) is 6.92 Å². The standard InChI is InChI=1S/C11H23NOS/c1-9(8-13-2)7-12-10-4-5-11(6-10)14-3/h9-12H,4-8H2,1-3H3. The molecule has 0 aromatic heterocycles. The number of hydrogen-bond acceptors (Lipinski definition) is 3. The molecule has 1 rings (SSSR count). The van der Waals surface area contributed by atoms with E-state index >= 15 is 0 Å². The quantitative estimate of drug-likeness (QED) is 0.736. The molecule has 84 valence electrons. The second-order valence-corrected chi connectivity index (χ2v) is 5.47. The molecule has 1 saturated carbocycles. The first-order valence-electron chi connectivity index (χ1n) is 5.51. The summed E-state index contributed by atoms with van der Waals surface area (Å²) in [4.78, 5) is 0. The maximum absolute atomic E-state index is 5.12. The van der Waals surface area contributed by atoms with Crippen molar-refractivity contribution in [2.75, 3.05) is 26.5 Å². The highest BCUT2D eigenvalue weighted by atomic mass is 32.2. The normalized spacial score (nSPS) is 29.4. The Morgan fingerprint density at radius 3 is 2.86 bits per heavy atom. The Morgan fingerprint density at radius 1 is 1.50 bits per heavy atom. The maximum atomic E-state index is 5.12. The SMILES string of the molecule is COCC(C)CNC1CCC(SC)C1. The smallest absolute Gasteiger partial charge is 0.0499 e. The van der Waals surface area contributed by atoms with Gasteiger partial charge in [0.05, 0.1) is 0 Å². The minimum atomic E-state index is 0.633. The number of methoxy groups -OCH3 is 1. The minimum Gasteiger partial charge on any atom is -0.384 e. The Kier molecular flexibility index (Phi) is 5.90. The molecule has 0 radical (unpaired) electrons. The molecule has 3 atom stereocenters. The average molecular weight is 217 g/mol. The van der Waals surface area contributed by atoms with Gasteiger partial charge in [0.25, 0.3) is 0 Å². The second kappa shape index (κ2) is 6.70. The summed E-state index contributed by atoms with van der Waals surface area (Å²) in [6.07, 6.45) is 6.31. The Balaban J connectivity index is 2.07. The summed E-state index contributed by atoms with van der Waals surface area (Å²) in [7, 11) is 1.77. The van der Waals surface area contributed by atoms with Gasteiger partial charge in [-0.05, 0) is 31.4 Å². The van der Waals surface area contributed by atoms with Crippen LogP contribution in [0.1, 0.15) is 26.2 Å². The van der Waals surface area contributed by atoms with Crippen LogP contribution in [0.4, 0.5) is 0 Å². The molecule has 0 aromatic rings. The topological polar surface area (TPSA) is 21.3 Å². The first kappa shape index (κ1) is 12.3. The fourth-order valence-corrected chi connectivity index (χ4v) is 2.85. The maximum Gasteiger partial charge on any atom is 0.0499 e. The van der Waals surface area contributed by atoms with E-state index in [9.17, 15) is 0 Å². The lowest BCUT2D eigenvalue weighted by Crippen LogP contribution is -2.32. The van der Waals surface area contributed by atoms with Crippen molar-refractivity contribution in [2.45, 2.75) is 37.5 Å². The van der Waals surface area contributed by atoms with E-state index < -0.39 is 0 Å². The fourth-order valence-electron chi connectivity index (χ4n) is 2.05. The van der Waals surface area contributed by atoms with E-state index in [1.807, 2.05) is 11.8 Å². The van der Waals surface area contributed by atoms with Gasteiger partial charge in [0.2, 0.25) is 0 Å². The third-order valence-corrected chi connectivity index (χ3v) is 4.02. The molecule has 0 saturated heterocycles. The summed E-state index contributed by atoms with van der Waals surface area (Å²) in [5, 5.41) is 4.53. The van der Waals surface area contributed by atoms with Gasteiger partial charge in [0.15, 0.2) is 0 Å². The van der Waals surface area contributed by atoms with Crippen molar-refractivity contribution in [3.63, 3.8) is 0 Å². The largest absolute Gasteiger partial charge is 0.384 e. The monoisotopic (exact) mass is 217 g/mol. The molecular formula is C11H23NOS. The van der Waals surface area contributed by atoms with E-state index in [1.54, 1.807) is 7.11 Å². The van der Waals surface area contributed by atoms with Crippen molar-refractivity contribution in [1.29, 1.82) is 0 Å². The van der Waals surface area contributed by atoms with Gasteiger partial charge < -0.3 is 10.1 Å². The van der Waals surface area contributed by atoms with Crippen LogP contribution < -0.4 is 5.32 Å². The Morgan fingerprint density at radius 2 is 2.29 bits per heavy atom. The van der Waals surface area contributed by atoms with Crippen LogP contribution in [0.5, 0.6) is 0 Å². The molecule has 1 aliphatic rings. The van der Waals surface area contributed by atoms with Gasteiger partial charge in [0.1, 0.15) is 0 Å². The van der Waals surface area contributed by atoms with Crippen LogP contribution in [0.3, 0.4) is 0 Å². The zero-order valence-electron chi connectivity index (χ0n) is 9.58. The van der Waals surface area contributed by atoms with Gasteiger partial charge >= 0.3 is 0 Å². The van der Waals surface area contributed by atoms with Crippen LogP contribution >= 0.6 is 11.8 Å². The summed E-state index contributed by atoms with van der Waals surface area (Å²) in [5.41, 5.74) is 0. The predicted octanol–water partition coefficient (Wildman–Crippen LogP) is 2.14. The highest BCUT2D eigenvalue weighted by Crippen LogP contribution is 2.28. The molecule has 0 aliphatic heterocycles. The van der Waals surface area contributed by atoms with E-state index in [0.29, 0.717) is 5.92 Å². The van der Waals surface area contributed by atoms with Crippen LogP contribution in [-0.2, 0) is 4.74 Å². The minimum absolute atomic E-state index is 0.633. The molecule has 1 fully saturated rings. The van der Waals surface area contributed by atoms with Gasteiger partial charge in [0, 0.05) is 31.6 Å². The number of nitrogens with one attached hydrogen (secondary N) is 1. The molecule has 1 N–H and O–H groups in total. The molecule has 14 heavy (non-hydrogen) atoms. The van der Waals surface area contributed by atoms with Crippen molar-refractivity contribution in [2.24, 2.45) is 5.92 Å². The van der Waals surface area contributed by atoms with Gasteiger partial charge in [-0.15, -0.1) is 0 Å². The second-order valence-electron chi connectivity index (χ2n) is 4.34. The number of hydrogen-bond donors (Lipinski definition) is 1. The fraction of sp³-hybridized carbons (Fsp3) is 1.00. The highest BCUT2D eigenvalue weighted by Gasteiger charge is 2.23. The number of thioether (sulfide) groups is 1. The van der Waals surface area contributed by atoms with Crippen LogP contribution in [0, 0.1) is 5.92 Å². The first-order chi connectivity index (χ1) is 6.76. The van der Waals surface area contributed by atoms with Gasteiger partial charge in [-0.25, -0.2) is 0 Å². The lowest BCUT2D eigenvalue weighted by Gasteiger charge is -2.16. The number of ether oxygens (including phenoxy) is 1. The molecule has 0 aromatic carbocycles. The lowest BCUT2D eigenvalue weighted by atomic mass is 10.1. The molecule has 2 nitrogen and oxygen atoms in total. The van der Waals surface area contributed by atoms with Crippen LogP contribution in [0.15, 0.2) is 0 Å². The molecule has 0 amide bonds.